The quantitative estimate of drug-likeness (QED) is 0.895. The van der Waals surface area contributed by atoms with Crippen molar-refractivity contribution in [1.29, 1.82) is 0 Å². The molecule has 1 aromatic carbocycles. The lowest BCUT2D eigenvalue weighted by molar-refractivity contribution is 0.0878. The Hall–Kier alpha value is -2.25. The highest BCUT2D eigenvalue weighted by molar-refractivity contribution is 5.92. The van der Waals surface area contributed by atoms with Gasteiger partial charge in [0.1, 0.15) is 11.6 Å². The molecular formula is C18H23FN4O2. The van der Waals surface area contributed by atoms with Gasteiger partial charge in [-0.15, -0.1) is 0 Å². The fourth-order valence-corrected chi connectivity index (χ4v) is 3.03. The number of benzene rings is 1. The zero-order valence-corrected chi connectivity index (χ0v) is 14.5. The average molecular weight is 346 g/mol. The zero-order valence-electron chi connectivity index (χ0n) is 14.5. The maximum absolute atomic E-state index is 13.3. The second kappa shape index (κ2) is 7.76. The standard InChI is InChI=1S/C18H23FN4O2/c1-13-11-16(21-25-13)18(24)20-12-17(14-3-5-15(19)6-4-14)23-9-7-22(2)8-10-23/h3-6,11,17H,7-10,12H2,1-2H3,(H,20,24). The van der Waals surface area contributed by atoms with Gasteiger partial charge in [0.15, 0.2) is 5.69 Å². The van der Waals surface area contributed by atoms with E-state index in [0.29, 0.717) is 12.3 Å². The van der Waals surface area contributed by atoms with Crippen molar-refractivity contribution in [3.8, 4) is 0 Å². The molecule has 1 aliphatic heterocycles. The fraction of sp³-hybridized carbons (Fsp3) is 0.444. The molecule has 1 aromatic heterocycles. The Morgan fingerprint density at radius 3 is 2.56 bits per heavy atom. The van der Waals surface area contributed by atoms with Crippen LogP contribution in [0.15, 0.2) is 34.9 Å². The van der Waals surface area contributed by atoms with Gasteiger partial charge in [-0.1, -0.05) is 17.3 Å². The number of amides is 1. The van der Waals surface area contributed by atoms with Crippen molar-refractivity contribution in [3.05, 3.63) is 53.2 Å². The van der Waals surface area contributed by atoms with Crippen molar-refractivity contribution < 1.29 is 13.7 Å². The normalized spacial score (nSPS) is 17.4. The summed E-state index contributed by atoms with van der Waals surface area (Å²) in [5, 5.41) is 6.67. The molecule has 0 spiro atoms. The molecule has 2 heterocycles. The van der Waals surface area contributed by atoms with Crippen LogP contribution in [0.25, 0.3) is 0 Å². The van der Waals surface area contributed by atoms with E-state index in [0.717, 1.165) is 31.7 Å². The molecule has 1 saturated heterocycles. The molecule has 134 valence electrons. The van der Waals surface area contributed by atoms with Crippen molar-refractivity contribution in [3.63, 3.8) is 0 Å². The van der Waals surface area contributed by atoms with E-state index in [1.165, 1.54) is 12.1 Å². The second-order valence-corrected chi connectivity index (χ2v) is 6.44. The molecule has 6 nitrogen and oxygen atoms in total. The third kappa shape index (κ3) is 4.43. The minimum absolute atomic E-state index is 0.00810. The SMILES string of the molecule is Cc1cc(C(=O)NCC(c2ccc(F)cc2)N2CCN(C)CC2)no1. The lowest BCUT2D eigenvalue weighted by Crippen LogP contribution is -2.48. The molecule has 3 rings (SSSR count). The average Bonchev–Trinajstić information content (AvgIpc) is 3.04. The van der Waals surface area contributed by atoms with Crippen LogP contribution >= 0.6 is 0 Å². The van der Waals surface area contributed by atoms with E-state index in [1.54, 1.807) is 25.1 Å². The first-order valence-electron chi connectivity index (χ1n) is 8.42. The highest BCUT2D eigenvalue weighted by Gasteiger charge is 2.25. The summed E-state index contributed by atoms with van der Waals surface area (Å²) in [5.74, 6) is 0.0698. The largest absolute Gasteiger partial charge is 0.361 e. The Morgan fingerprint density at radius 1 is 1.28 bits per heavy atom. The number of piperazine rings is 1. The zero-order chi connectivity index (χ0) is 17.8. The van der Waals surface area contributed by atoms with Gasteiger partial charge in [-0.3, -0.25) is 9.69 Å². The minimum Gasteiger partial charge on any atom is -0.361 e. The maximum Gasteiger partial charge on any atom is 0.273 e. The smallest absolute Gasteiger partial charge is 0.273 e. The van der Waals surface area contributed by atoms with Crippen LogP contribution in [-0.2, 0) is 0 Å². The van der Waals surface area contributed by atoms with E-state index in [-0.39, 0.29) is 23.5 Å². The van der Waals surface area contributed by atoms with Crippen molar-refractivity contribution >= 4 is 5.91 Å². The number of hydrogen-bond donors (Lipinski definition) is 1. The molecule has 2 aromatic rings. The van der Waals surface area contributed by atoms with Gasteiger partial charge in [0.05, 0.1) is 6.04 Å². The molecule has 7 heteroatoms. The number of likely N-dealkylation sites (N-methyl/N-ethyl adjacent to an activating group) is 1. The minimum atomic E-state index is -0.266. The lowest BCUT2D eigenvalue weighted by Gasteiger charge is -2.38. The summed E-state index contributed by atoms with van der Waals surface area (Å²) >= 11 is 0. The molecule has 1 fully saturated rings. The Morgan fingerprint density at radius 2 is 1.96 bits per heavy atom. The summed E-state index contributed by atoms with van der Waals surface area (Å²) in [6.45, 7) is 5.91. The first-order valence-corrected chi connectivity index (χ1v) is 8.42. The summed E-state index contributed by atoms with van der Waals surface area (Å²) in [6.07, 6.45) is 0. The van der Waals surface area contributed by atoms with Crippen LogP contribution < -0.4 is 5.32 Å². The highest BCUT2D eigenvalue weighted by atomic mass is 19.1. The number of halogens is 1. The van der Waals surface area contributed by atoms with Crippen LogP contribution in [0, 0.1) is 12.7 Å². The molecule has 0 radical (unpaired) electrons. The number of aromatic nitrogens is 1. The summed E-state index contributed by atoms with van der Waals surface area (Å²) in [5.41, 5.74) is 1.26. The van der Waals surface area contributed by atoms with Gasteiger partial charge in [0, 0.05) is 38.8 Å². The summed E-state index contributed by atoms with van der Waals surface area (Å²) in [4.78, 5) is 16.9. The summed E-state index contributed by atoms with van der Waals surface area (Å²) in [6, 6.07) is 8.09. The van der Waals surface area contributed by atoms with E-state index in [2.05, 4.69) is 27.3 Å². The van der Waals surface area contributed by atoms with Gasteiger partial charge < -0.3 is 14.7 Å². The molecular weight excluding hydrogens is 323 g/mol. The van der Waals surface area contributed by atoms with Gasteiger partial charge in [0.2, 0.25) is 0 Å². The highest BCUT2D eigenvalue weighted by Crippen LogP contribution is 2.22. The van der Waals surface area contributed by atoms with Gasteiger partial charge in [-0.25, -0.2) is 4.39 Å². The molecule has 0 bridgehead atoms. The van der Waals surface area contributed by atoms with Gasteiger partial charge in [-0.05, 0) is 31.7 Å². The Balaban J connectivity index is 1.71. The molecule has 1 N–H and O–H groups in total. The summed E-state index contributed by atoms with van der Waals surface area (Å²) < 4.78 is 18.2. The number of hydrogen-bond acceptors (Lipinski definition) is 5. The predicted octanol–water partition coefficient (Wildman–Crippen LogP) is 1.84. The number of nitrogens with zero attached hydrogens (tertiary/aromatic N) is 3. The van der Waals surface area contributed by atoms with Gasteiger partial charge in [-0.2, -0.15) is 0 Å². The third-order valence-electron chi connectivity index (χ3n) is 4.55. The molecule has 1 amide bonds. The van der Waals surface area contributed by atoms with E-state index < -0.39 is 0 Å². The number of carbonyl (C=O) groups excluding carboxylic acids is 1. The number of nitrogens with one attached hydrogen (secondary N) is 1. The molecule has 1 atom stereocenters. The van der Waals surface area contributed by atoms with Crippen LogP contribution in [-0.4, -0.2) is 60.6 Å². The van der Waals surface area contributed by atoms with Crippen molar-refractivity contribution in [1.82, 2.24) is 20.3 Å². The molecule has 1 aliphatic rings. The predicted molar refractivity (Wildman–Crippen MR) is 91.8 cm³/mol. The van der Waals surface area contributed by atoms with E-state index in [4.69, 9.17) is 4.52 Å². The van der Waals surface area contributed by atoms with E-state index >= 15 is 0 Å². The number of carbonyl (C=O) groups is 1. The fourth-order valence-electron chi connectivity index (χ4n) is 3.03. The topological polar surface area (TPSA) is 61.6 Å². The van der Waals surface area contributed by atoms with E-state index in [9.17, 15) is 9.18 Å². The molecule has 25 heavy (non-hydrogen) atoms. The van der Waals surface area contributed by atoms with Crippen LogP contribution in [0.1, 0.15) is 27.9 Å². The summed E-state index contributed by atoms with van der Waals surface area (Å²) in [7, 11) is 2.10. The van der Waals surface area contributed by atoms with Crippen LogP contribution in [0.5, 0.6) is 0 Å². The van der Waals surface area contributed by atoms with Crippen molar-refractivity contribution in [2.24, 2.45) is 0 Å². The Bertz CT molecular complexity index is 708. The number of rotatable bonds is 5. The van der Waals surface area contributed by atoms with Gasteiger partial charge in [0.25, 0.3) is 5.91 Å². The van der Waals surface area contributed by atoms with Crippen LogP contribution in [0.2, 0.25) is 0 Å². The van der Waals surface area contributed by atoms with Crippen LogP contribution in [0.3, 0.4) is 0 Å². The first-order chi connectivity index (χ1) is 12.0. The second-order valence-electron chi connectivity index (χ2n) is 6.44. The van der Waals surface area contributed by atoms with Crippen molar-refractivity contribution in [2.75, 3.05) is 39.8 Å². The Kier molecular flexibility index (Phi) is 5.45. The molecule has 0 aliphatic carbocycles. The van der Waals surface area contributed by atoms with Crippen LogP contribution in [0.4, 0.5) is 4.39 Å². The monoisotopic (exact) mass is 346 g/mol. The third-order valence-corrected chi connectivity index (χ3v) is 4.55. The van der Waals surface area contributed by atoms with Crippen molar-refractivity contribution in [2.45, 2.75) is 13.0 Å². The molecule has 1 unspecified atom stereocenters. The van der Waals surface area contributed by atoms with E-state index in [1.807, 2.05) is 0 Å². The first kappa shape index (κ1) is 17.6. The maximum atomic E-state index is 13.3. The lowest BCUT2D eigenvalue weighted by atomic mass is 10.0. The number of aryl methyl sites for hydroxylation is 1. The molecule has 0 saturated carbocycles. The Labute approximate surface area is 146 Å². The van der Waals surface area contributed by atoms with Gasteiger partial charge >= 0.3 is 0 Å².